The van der Waals surface area contributed by atoms with Crippen LogP contribution in [0.4, 0.5) is 5.95 Å². The number of hydrogen-bond acceptors (Lipinski definition) is 5. The Morgan fingerprint density at radius 3 is 2.88 bits per heavy atom. The number of nitrogens with zero attached hydrogens (tertiary/aromatic N) is 5. The van der Waals surface area contributed by atoms with Gasteiger partial charge in [0, 0.05) is 13.6 Å². The van der Waals surface area contributed by atoms with Crippen LogP contribution in [0.25, 0.3) is 0 Å². The summed E-state index contributed by atoms with van der Waals surface area (Å²) in [6.45, 7) is 2.69. The second kappa shape index (κ2) is 4.31. The normalized spacial score (nSPS) is 24.2. The molecule has 1 unspecified atom stereocenters. The van der Waals surface area contributed by atoms with Gasteiger partial charge in [-0.05, 0) is 29.7 Å². The van der Waals surface area contributed by atoms with Crippen LogP contribution in [-0.4, -0.2) is 43.4 Å². The molecule has 0 radical (unpaired) electrons. The quantitative estimate of drug-likeness (QED) is 0.820. The largest absolute Gasteiger partial charge is 0.479 e. The van der Waals surface area contributed by atoms with Crippen molar-refractivity contribution in [3.05, 3.63) is 0 Å². The van der Waals surface area contributed by atoms with Crippen molar-refractivity contribution in [3.8, 4) is 0 Å². The van der Waals surface area contributed by atoms with Crippen molar-refractivity contribution < 1.29 is 9.90 Å². The second-order valence-corrected chi connectivity index (χ2v) is 4.44. The fourth-order valence-electron chi connectivity index (χ4n) is 2.63. The Morgan fingerprint density at radius 2 is 2.35 bits per heavy atom. The molecule has 0 saturated carbocycles. The average molecular weight is 239 g/mol. The summed E-state index contributed by atoms with van der Waals surface area (Å²) >= 11 is 0. The third-order valence-electron chi connectivity index (χ3n) is 3.39. The first-order chi connectivity index (χ1) is 8.12. The molecule has 2 rings (SSSR count). The molecule has 0 amide bonds. The molecule has 1 N–H and O–H groups in total. The second-order valence-electron chi connectivity index (χ2n) is 4.44. The van der Waals surface area contributed by atoms with E-state index < -0.39 is 11.5 Å². The van der Waals surface area contributed by atoms with Crippen LogP contribution in [0.15, 0.2) is 0 Å². The number of rotatable bonds is 4. The first-order valence-electron chi connectivity index (χ1n) is 5.85. The van der Waals surface area contributed by atoms with Crippen LogP contribution < -0.4 is 4.90 Å². The molecule has 1 aliphatic heterocycles. The van der Waals surface area contributed by atoms with Gasteiger partial charge in [-0.15, -0.1) is 0 Å². The molecule has 0 aliphatic carbocycles. The lowest BCUT2D eigenvalue weighted by molar-refractivity contribution is -0.143. The summed E-state index contributed by atoms with van der Waals surface area (Å²) in [4.78, 5) is 13.4. The van der Waals surface area contributed by atoms with Gasteiger partial charge in [0.25, 0.3) is 0 Å². The van der Waals surface area contributed by atoms with Crippen molar-refractivity contribution >= 4 is 11.9 Å². The molecular weight excluding hydrogens is 222 g/mol. The number of anilines is 1. The van der Waals surface area contributed by atoms with Crippen molar-refractivity contribution in [2.75, 3.05) is 11.4 Å². The van der Waals surface area contributed by atoms with Gasteiger partial charge in [-0.2, -0.15) is 0 Å². The van der Waals surface area contributed by atoms with Gasteiger partial charge in [0.05, 0.1) is 0 Å². The van der Waals surface area contributed by atoms with E-state index in [0.717, 1.165) is 12.8 Å². The van der Waals surface area contributed by atoms with Gasteiger partial charge in [-0.25, -0.2) is 9.48 Å². The summed E-state index contributed by atoms with van der Waals surface area (Å²) in [5, 5.41) is 20.8. The highest BCUT2D eigenvalue weighted by atomic mass is 16.4. The van der Waals surface area contributed by atoms with Crippen LogP contribution in [0.2, 0.25) is 0 Å². The SMILES string of the molecule is CCCC1(C(=O)O)CCCN1c1nnnn1C. The molecule has 1 aromatic heterocycles. The predicted molar refractivity (Wildman–Crippen MR) is 60.7 cm³/mol. The zero-order chi connectivity index (χ0) is 12.5. The monoisotopic (exact) mass is 239 g/mol. The summed E-state index contributed by atoms with van der Waals surface area (Å²) < 4.78 is 1.53. The first kappa shape index (κ1) is 11.8. The zero-order valence-corrected chi connectivity index (χ0v) is 10.1. The van der Waals surface area contributed by atoms with E-state index in [4.69, 9.17) is 0 Å². The van der Waals surface area contributed by atoms with Crippen molar-refractivity contribution in [1.82, 2.24) is 20.2 Å². The molecule has 1 aliphatic rings. The van der Waals surface area contributed by atoms with E-state index in [1.165, 1.54) is 4.68 Å². The Hall–Kier alpha value is -1.66. The molecule has 1 aromatic rings. The van der Waals surface area contributed by atoms with Crippen molar-refractivity contribution in [2.45, 2.75) is 38.1 Å². The number of carbonyl (C=O) groups is 1. The molecule has 1 fully saturated rings. The minimum Gasteiger partial charge on any atom is -0.479 e. The van der Waals surface area contributed by atoms with Gasteiger partial charge in [-0.3, -0.25) is 0 Å². The highest BCUT2D eigenvalue weighted by Crippen LogP contribution is 2.36. The number of tetrazole rings is 1. The zero-order valence-electron chi connectivity index (χ0n) is 10.1. The Balaban J connectivity index is 2.38. The fourth-order valence-corrected chi connectivity index (χ4v) is 2.63. The maximum absolute atomic E-state index is 11.6. The van der Waals surface area contributed by atoms with Gasteiger partial charge in [0.1, 0.15) is 5.54 Å². The van der Waals surface area contributed by atoms with Gasteiger partial charge >= 0.3 is 5.97 Å². The van der Waals surface area contributed by atoms with E-state index in [9.17, 15) is 9.90 Å². The first-order valence-corrected chi connectivity index (χ1v) is 5.85. The van der Waals surface area contributed by atoms with Gasteiger partial charge in [-0.1, -0.05) is 18.4 Å². The fraction of sp³-hybridized carbons (Fsp3) is 0.800. The number of hydrogen-bond donors (Lipinski definition) is 1. The maximum Gasteiger partial charge on any atom is 0.329 e. The Morgan fingerprint density at radius 1 is 1.59 bits per heavy atom. The standard InChI is InChI=1S/C10H17N5O2/c1-3-5-10(8(16)17)6-4-7-15(10)9-11-12-13-14(9)2/h3-7H2,1-2H3,(H,16,17). The molecule has 0 spiro atoms. The van der Waals surface area contributed by atoms with Crippen LogP contribution in [-0.2, 0) is 11.8 Å². The van der Waals surface area contributed by atoms with Crippen molar-refractivity contribution in [3.63, 3.8) is 0 Å². The van der Waals surface area contributed by atoms with E-state index in [1.54, 1.807) is 7.05 Å². The molecule has 1 saturated heterocycles. The molecule has 0 bridgehead atoms. The minimum atomic E-state index is -0.836. The highest BCUT2D eigenvalue weighted by Gasteiger charge is 2.48. The van der Waals surface area contributed by atoms with Crippen molar-refractivity contribution in [2.24, 2.45) is 7.05 Å². The van der Waals surface area contributed by atoms with Crippen LogP contribution in [0, 0.1) is 0 Å². The smallest absolute Gasteiger partial charge is 0.329 e. The maximum atomic E-state index is 11.6. The number of carboxylic acid groups (broad SMARTS) is 1. The number of aliphatic carboxylic acids is 1. The molecule has 94 valence electrons. The highest BCUT2D eigenvalue weighted by molar-refractivity contribution is 5.83. The predicted octanol–water partition coefficient (Wildman–Crippen LogP) is 0.434. The molecule has 1 atom stereocenters. The lowest BCUT2D eigenvalue weighted by Crippen LogP contribution is -2.51. The number of aromatic nitrogens is 4. The van der Waals surface area contributed by atoms with Gasteiger partial charge in [0.15, 0.2) is 0 Å². The van der Waals surface area contributed by atoms with Crippen LogP contribution in [0.5, 0.6) is 0 Å². The Bertz CT molecular complexity index is 419. The summed E-state index contributed by atoms with van der Waals surface area (Å²) in [7, 11) is 1.73. The van der Waals surface area contributed by atoms with E-state index in [2.05, 4.69) is 15.5 Å². The lowest BCUT2D eigenvalue weighted by Gasteiger charge is -2.34. The van der Waals surface area contributed by atoms with Gasteiger partial charge in [0.2, 0.25) is 5.95 Å². The Kier molecular flexibility index (Phi) is 2.99. The average Bonchev–Trinajstić information content (AvgIpc) is 2.85. The van der Waals surface area contributed by atoms with E-state index in [1.807, 2.05) is 11.8 Å². The topological polar surface area (TPSA) is 84.1 Å². The molecule has 17 heavy (non-hydrogen) atoms. The number of carboxylic acids is 1. The molecule has 2 heterocycles. The van der Waals surface area contributed by atoms with E-state index >= 15 is 0 Å². The summed E-state index contributed by atoms with van der Waals surface area (Å²) in [5.41, 5.74) is -0.836. The minimum absolute atomic E-state index is 0.540. The third kappa shape index (κ3) is 1.75. The number of aryl methyl sites for hydroxylation is 1. The van der Waals surface area contributed by atoms with Crippen LogP contribution in [0.3, 0.4) is 0 Å². The molecule has 7 nitrogen and oxygen atoms in total. The van der Waals surface area contributed by atoms with E-state index in [0.29, 0.717) is 25.3 Å². The molecule has 7 heteroatoms. The molecular formula is C10H17N5O2. The van der Waals surface area contributed by atoms with Crippen LogP contribution >= 0.6 is 0 Å². The van der Waals surface area contributed by atoms with E-state index in [-0.39, 0.29) is 0 Å². The van der Waals surface area contributed by atoms with Crippen molar-refractivity contribution in [1.29, 1.82) is 0 Å². The third-order valence-corrected chi connectivity index (χ3v) is 3.39. The van der Waals surface area contributed by atoms with Gasteiger partial charge < -0.3 is 10.0 Å². The summed E-state index contributed by atoms with van der Waals surface area (Å²) in [6.07, 6.45) is 2.96. The lowest BCUT2D eigenvalue weighted by atomic mass is 9.91. The Labute approximate surface area is 99.4 Å². The summed E-state index contributed by atoms with van der Waals surface area (Å²) in [5.74, 6) is -0.238. The summed E-state index contributed by atoms with van der Waals surface area (Å²) in [6, 6.07) is 0. The molecule has 0 aromatic carbocycles. The van der Waals surface area contributed by atoms with Crippen LogP contribution in [0.1, 0.15) is 32.6 Å².